The van der Waals surface area contributed by atoms with Crippen LogP contribution in [0.2, 0.25) is 0 Å². The first-order valence-electron chi connectivity index (χ1n) is 6.52. The van der Waals surface area contributed by atoms with E-state index < -0.39 is 5.82 Å². The summed E-state index contributed by atoms with van der Waals surface area (Å²) in [6.45, 7) is 1.95. The summed E-state index contributed by atoms with van der Waals surface area (Å²) in [6, 6.07) is 9.74. The molecule has 21 heavy (non-hydrogen) atoms. The van der Waals surface area contributed by atoms with Crippen molar-refractivity contribution in [1.29, 1.82) is 0 Å². The fourth-order valence-electron chi connectivity index (χ4n) is 2.05. The van der Waals surface area contributed by atoms with E-state index in [4.69, 9.17) is 9.47 Å². The lowest BCUT2D eigenvalue weighted by atomic mass is 10.1. The molecule has 2 N–H and O–H groups in total. The highest BCUT2D eigenvalue weighted by molar-refractivity contribution is 5.50. The van der Waals surface area contributed by atoms with Gasteiger partial charge in [0, 0.05) is 17.8 Å². The van der Waals surface area contributed by atoms with Crippen molar-refractivity contribution in [3.63, 3.8) is 0 Å². The zero-order chi connectivity index (χ0) is 15.4. The Balaban J connectivity index is 2.19. The summed E-state index contributed by atoms with van der Waals surface area (Å²) < 4.78 is 23.8. The Hall–Kier alpha value is -2.43. The maximum Gasteiger partial charge on any atom is 0.166 e. The largest absolute Gasteiger partial charge is 0.505 e. The molecule has 1 atom stereocenters. The van der Waals surface area contributed by atoms with Crippen molar-refractivity contribution in [1.82, 2.24) is 0 Å². The van der Waals surface area contributed by atoms with Crippen LogP contribution < -0.4 is 14.8 Å². The predicted molar refractivity (Wildman–Crippen MR) is 79.6 cm³/mol. The Labute approximate surface area is 123 Å². The predicted octanol–water partition coefficient (Wildman–Crippen LogP) is 3.72. The molecule has 5 heteroatoms. The van der Waals surface area contributed by atoms with Crippen LogP contribution in [0.3, 0.4) is 0 Å². The van der Waals surface area contributed by atoms with Crippen LogP contribution in [0.4, 0.5) is 10.1 Å². The highest BCUT2D eigenvalue weighted by atomic mass is 19.1. The van der Waals surface area contributed by atoms with Crippen molar-refractivity contribution in [2.24, 2.45) is 0 Å². The number of phenolic OH excluding ortho intramolecular Hbond substituents is 1. The Kier molecular flexibility index (Phi) is 4.52. The monoisotopic (exact) mass is 291 g/mol. The van der Waals surface area contributed by atoms with Crippen molar-refractivity contribution in [3.8, 4) is 17.2 Å². The molecule has 0 bridgehead atoms. The van der Waals surface area contributed by atoms with Gasteiger partial charge in [-0.3, -0.25) is 0 Å². The normalized spacial score (nSPS) is 11.8. The van der Waals surface area contributed by atoms with Crippen LogP contribution in [-0.2, 0) is 0 Å². The lowest BCUT2D eigenvalue weighted by molar-refractivity contribution is 0.354. The number of halogens is 1. The molecule has 112 valence electrons. The lowest BCUT2D eigenvalue weighted by Crippen LogP contribution is -2.07. The standard InChI is InChI=1S/C16H18FNO3/c1-10(18-12-5-6-14(19)13(17)9-12)11-4-7-15(20-2)16(8-11)21-3/h4-10,18-19H,1-3H3. The van der Waals surface area contributed by atoms with E-state index in [1.165, 1.54) is 12.1 Å². The molecule has 4 nitrogen and oxygen atoms in total. The van der Waals surface area contributed by atoms with Crippen LogP contribution in [0.15, 0.2) is 36.4 Å². The molecule has 1 unspecified atom stereocenters. The molecule has 0 spiro atoms. The second-order valence-electron chi connectivity index (χ2n) is 4.65. The molecule has 0 fully saturated rings. The maximum atomic E-state index is 13.3. The van der Waals surface area contributed by atoms with Crippen molar-refractivity contribution >= 4 is 5.69 Å². The fourth-order valence-corrected chi connectivity index (χ4v) is 2.05. The quantitative estimate of drug-likeness (QED) is 0.824. The third-order valence-corrected chi connectivity index (χ3v) is 3.24. The Morgan fingerprint density at radius 3 is 2.38 bits per heavy atom. The first kappa shape index (κ1) is 15.0. The first-order chi connectivity index (χ1) is 10.0. The van der Waals surface area contributed by atoms with E-state index >= 15 is 0 Å². The number of nitrogens with one attached hydrogen (secondary N) is 1. The SMILES string of the molecule is COc1ccc(C(C)Nc2ccc(O)c(F)c2)cc1OC. The minimum Gasteiger partial charge on any atom is -0.505 e. The van der Waals surface area contributed by atoms with Crippen LogP contribution >= 0.6 is 0 Å². The van der Waals surface area contributed by atoms with E-state index in [9.17, 15) is 9.50 Å². The van der Waals surface area contributed by atoms with E-state index in [1.807, 2.05) is 25.1 Å². The molecule has 0 saturated heterocycles. The van der Waals surface area contributed by atoms with Gasteiger partial charge < -0.3 is 19.9 Å². The van der Waals surface area contributed by atoms with E-state index in [0.717, 1.165) is 5.56 Å². The Morgan fingerprint density at radius 2 is 1.76 bits per heavy atom. The summed E-state index contributed by atoms with van der Waals surface area (Å²) >= 11 is 0. The van der Waals surface area contributed by atoms with E-state index in [2.05, 4.69) is 5.32 Å². The number of ether oxygens (including phenoxy) is 2. The Morgan fingerprint density at radius 1 is 1.05 bits per heavy atom. The second kappa shape index (κ2) is 6.35. The first-order valence-corrected chi connectivity index (χ1v) is 6.52. The van der Waals surface area contributed by atoms with Gasteiger partial charge in [0.25, 0.3) is 0 Å². The van der Waals surface area contributed by atoms with Crippen LogP contribution in [0.1, 0.15) is 18.5 Å². The van der Waals surface area contributed by atoms with Crippen molar-refractivity contribution < 1.29 is 19.0 Å². The summed E-state index contributed by atoms with van der Waals surface area (Å²) in [5, 5.41) is 12.4. The maximum absolute atomic E-state index is 13.3. The molecule has 0 amide bonds. The minimum atomic E-state index is -0.653. The molecule has 0 aliphatic heterocycles. The number of methoxy groups -OCH3 is 2. The zero-order valence-electron chi connectivity index (χ0n) is 12.2. The summed E-state index contributed by atoms with van der Waals surface area (Å²) in [7, 11) is 3.16. The number of hydrogen-bond donors (Lipinski definition) is 2. The molecule has 2 aromatic carbocycles. The Bertz CT molecular complexity index is 631. The molecule has 2 rings (SSSR count). The molecule has 0 aliphatic rings. The van der Waals surface area contributed by atoms with Crippen molar-refractivity contribution in [2.45, 2.75) is 13.0 Å². The number of aromatic hydroxyl groups is 1. The topological polar surface area (TPSA) is 50.7 Å². The van der Waals surface area contributed by atoms with Crippen LogP contribution in [0.25, 0.3) is 0 Å². The smallest absolute Gasteiger partial charge is 0.166 e. The number of phenols is 1. The molecule has 0 aromatic heterocycles. The van der Waals surface area contributed by atoms with E-state index in [-0.39, 0.29) is 11.8 Å². The van der Waals surface area contributed by atoms with Gasteiger partial charge in [-0.15, -0.1) is 0 Å². The lowest BCUT2D eigenvalue weighted by Gasteiger charge is -2.17. The molecule has 0 radical (unpaired) electrons. The van der Waals surface area contributed by atoms with Crippen LogP contribution in [0, 0.1) is 5.82 Å². The molecule has 0 heterocycles. The molecule has 0 saturated carbocycles. The van der Waals surface area contributed by atoms with Gasteiger partial charge in [0.05, 0.1) is 14.2 Å². The van der Waals surface area contributed by atoms with Gasteiger partial charge in [0.2, 0.25) is 0 Å². The zero-order valence-corrected chi connectivity index (χ0v) is 12.2. The summed E-state index contributed by atoms with van der Waals surface area (Å²) in [5.74, 6) is 0.281. The van der Waals surface area contributed by atoms with Gasteiger partial charge in [-0.25, -0.2) is 4.39 Å². The van der Waals surface area contributed by atoms with Gasteiger partial charge in [0.15, 0.2) is 23.1 Å². The number of hydrogen-bond acceptors (Lipinski definition) is 4. The molecular weight excluding hydrogens is 273 g/mol. The van der Waals surface area contributed by atoms with Gasteiger partial charge >= 0.3 is 0 Å². The van der Waals surface area contributed by atoms with Gasteiger partial charge in [0.1, 0.15) is 0 Å². The van der Waals surface area contributed by atoms with Gasteiger partial charge in [-0.1, -0.05) is 6.07 Å². The van der Waals surface area contributed by atoms with Crippen molar-refractivity contribution in [2.75, 3.05) is 19.5 Å². The van der Waals surface area contributed by atoms with E-state index in [0.29, 0.717) is 17.2 Å². The van der Waals surface area contributed by atoms with Crippen molar-refractivity contribution in [3.05, 3.63) is 47.8 Å². The van der Waals surface area contributed by atoms with Crippen LogP contribution in [0.5, 0.6) is 17.2 Å². The fraction of sp³-hybridized carbons (Fsp3) is 0.250. The average molecular weight is 291 g/mol. The average Bonchev–Trinajstić information content (AvgIpc) is 2.50. The molecule has 0 aliphatic carbocycles. The number of rotatable bonds is 5. The highest BCUT2D eigenvalue weighted by Gasteiger charge is 2.11. The van der Waals surface area contributed by atoms with E-state index in [1.54, 1.807) is 20.3 Å². The molecular formula is C16H18FNO3. The number of benzene rings is 2. The van der Waals surface area contributed by atoms with Crippen LogP contribution in [-0.4, -0.2) is 19.3 Å². The number of anilines is 1. The summed E-state index contributed by atoms with van der Waals surface area (Å²) in [4.78, 5) is 0. The second-order valence-corrected chi connectivity index (χ2v) is 4.65. The highest BCUT2D eigenvalue weighted by Crippen LogP contribution is 2.31. The van der Waals surface area contributed by atoms with Gasteiger partial charge in [-0.05, 0) is 36.8 Å². The molecule has 2 aromatic rings. The minimum absolute atomic E-state index is 0.0613. The summed E-state index contributed by atoms with van der Waals surface area (Å²) in [5.41, 5.74) is 1.56. The van der Waals surface area contributed by atoms with Gasteiger partial charge in [-0.2, -0.15) is 0 Å². The third-order valence-electron chi connectivity index (χ3n) is 3.24. The third kappa shape index (κ3) is 3.37. The summed E-state index contributed by atoms with van der Waals surface area (Å²) in [6.07, 6.45) is 0.